The molecule has 0 N–H and O–H groups in total. The molecule has 0 aliphatic heterocycles. The maximum Gasteiger partial charge on any atom is 0.161 e. The summed E-state index contributed by atoms with van der Waals surface area (Å²) in [5.74, 6) is 0.821. The second kappa shape index (κ2) is 5.59. The van der Waals surface area contributed by atoms with Crippen LogP contribution in [-0.4, -0.2) is 17.9 Å². The van der Waals surface area contributed by atoms with Crippen LogP contribution in [0.1, 0.15) is 23.0 Å². The van der Waals surface area contributed by atoms with Crippen LogP contribution in [0.2, 0.25) is 0 Å². The molecule has 1 aromatic carbocycles. The topological polar surface area (TPSA) is 39.2 Å². The Morgan fingerprint density at radius 3 is 2.94 bits per heavy atom. The molecule has 2 aromatic rings. The van der Waals surface area contributed by atoms with Gasteiger partial charge in [-0.05, 0) is 18.6 Å². The van der Waals surface area contributed by atoms with Crippen LogP contribution < -0.4 is 4.74 Å². The van der Waals surface area contributed by atoms with Crippen LogP contribution in [0, 0.1) is 0 Å². The van der Waals surface area contributed by atoms with Crippen LogP contribution in [-0.2, 0) is 0 Å². The van der Waals surface area contributed by atoms with Gasteiger partial charge in [-0.15, -0.1) is 11.3 Å². The van der Waals surface area contributed by atoms with E-state index in [1.807, 2.05) is 24.3 Å². The predicted molar refractivity (Wildman–Crippen MR) is 68.7 cm³/mol. The second-order valence-corrected chi connectivity index (χ2v) is 4.59. The molecule has 0 aliphatic carbocycles. The number of hydrogen-bond donors (Lipinski definition) is 0. The van der Waals surface area contributed by atoms with Gasteiger partial charge >= 0.3 is 0 Å². The number of ether oxygens (including phenoxy) is 1. The highest BCUT2D eigenvalue weighted by atomic mass is 32.1. The van der Waals surface area contributed by atoms with E-state index in [4.69, 9.17) is 4.74 Å². The number of benzene rings is 1. The van der Waals surface area contributed by atoms with Gasteiger partial charge in [-0.2, -0.15) is 0 Å². The number of rotatable bonds is 5. The molecule has 3 nitrogen and oxygen atoms in total. The van der Waals surface area contributed by atoms with Gasteiger partial charge in [0.05, 0.1) is 17.0 Å². The van der Waals surface area contributed by atoms with E-state index in [9.17, 15) is 4.79 Å². The lowest BCUT2D eigenvalue weighted by Crippen LogP contribution is -1.96. The van der Waals surface area contributed by atoms with Crippen molar-refractivity contribution in [3.05, 3.63) is 35.3 Å². The molecule has 1 heterocycles. The average molecular weight is 247 g/mol. The van der Waals surface area contributed by atoms with Gasteiger partial charge in [-0.3, -0.25) is 4.79 Å². The van der Waals surface area contributed by atoms with Crippen LogP contribution in [0.4, 0.5) is 0 Å². The number of aromatic nitrogens is 1. The zero-order chi connectivity index (χ0) is 12.1. The van der Waals surface area contributed by atoms with Crippen molar-refractivity contribution in [3.63, 3.8) is 0 Å². The Morgan fingerprint density at radius 1 is 1.41 bits per heavy atom. The molecule has 0 saturated heterocycles. The van der Waals surface area contributed by atoms with Crippen molar-refractivity contribution in [2.75, 3.05) is 6.61 Å². The van der Waals surface area contributed by atoms with Gasteiger partial charge in [-0.25, -0.2) is 4.98 Å². The maximum atomic E-state index is 10.6. The summed E-state index contributed by atoms with van der Waals surface area (Å²) in [5, 5.41) is 0.818. The van der Waals surface area contributed by atoms with Crippen LogP contribution in [0.3, 0.4) is 0 Å². The molecule has 4 heteroatoms. The minimum absolute atomic E-state index is 0.630. The Bertz CT molecular complexity index is 508. The minimum atomic E-state index is 0.630. The number of nitrogens with zero attached hydrogens (tertiary/aromatic N) is 1. The van der Waals surface area contributed by atoms with Crippen molar-refractivity contribution in [2.24, 2.45) is 0 Å². The van der Waals surface area contributed by atoms with E-state index in [1.54, 1.807) is 6.20 Å². The molecule has 2 rings (SSSR count). The lowest BCUT2D eigenvalue weighted by Gasteiger charge is -2.08. The van der Waals surface area contributed by atoms with Gasteiger partial charge in [0.15, 0.2) is 6.29 Å². The Labute approximate surface area is 104 Å². The van der Waals surface area contributed by atoms with Crippen molar-refractivity contribution in [2.45, 2.75) is 13.3 Å². The number of thiazole rings is 1. The fourth-order valence-electron chi connectivity index (χ4n) is 1.45. The first-order valence-electron chi connectivity index (χ1n) is 5.48. The van der Waals surface area contributed by atoms with E-state index in [0.29, 0.717) is 11.5 Å². The highest BCUT2D eigenvalue weighted by molar-refractivity contribution is 7.16. The largest absolute Gasteiger partial charge is 0.493 e. The van der Waals surface area contributed by atoms with Gasteiger partial charge in [0.2, 0.25) is 0 Å². The predicted octanol–water partition coefficient (Wildman–Crippen LogP) is 3.41. The molecule has 0 atom stereocenters. The monoisotopic (exact) mass is 247 g/mol. The van der Waals surface area contributed by atoms with Gasteiger partial charge in [0, 0.05) is 6.20 Å². The Balaban J connectivity index is 2.33. The molecule has 0 saturated carbocycles. The van der Waals surface area contributed by atoms with Crippen LogP contribution in [0.25, 0.3) is 10.6 Å². The Hall–Kier alpha value is -1.68. The quantitative estimate of drug-likeness (QED) is 0.760. The summed E-state index contributed by atoms with van der Waals surface area (Å²) in [6.45, 7) is 2.75. The van der Waals surface area contributed by atoms with Gasteiger partial charge in [0.1, 0.15) is 10.8 Å². The standard InChI is InChI=1S/C13H13NO2S/c1-2-7-16-12-6-4-3-5-11(12)13-14-8-10(9-15)17-13/h3-6,8-9H,2,7H2,1H3. The number of para-hydroxylation sites is 1. The molecule has 88 valence electrons. The Morgan fingerprint density at radius 2 is 2.24 bits per heavy atom. The van der Waals surface area contributed by atoms with Crippen LogP contribution >= 0.6 is 11.3 Å². The molecule has 0 radical (unpaired) electrons. The minimum Gasteiger partial charge on any atom is -0.493 e. The summed E-state index contributed by atoms with van der Waals surface area (Å²) in [6.07, 6.45) is 3.37. The van der Waals surface area contributed by atoms with Crippen molar-refractivity contribution in [1.82, 2.24) is 4.98 Å². The fraction of sp³-hybridized carbons (Fsp3) is 0.231. The summed E-state index contributed by atoms with van der Waals surface area (Å²) in [7, 11) is 0. The SMILES string of the molecule is CCCOc1ccccc1-c1ncc(C=O)s1. The van der Waals surface area contributed by atoms with E-state index < -0.39 is 0 Å². The normalized spacial score (nSPS) is 10.2. The lowest BCUT2D eigenvalue weighted by atomic mass is 10.2. The molecular weight excluding hydrogens is 234 g/mol. The smallest absolute Gasteiger partial charge is 0.161 e. The second-order valence-electron chi connectivity index (χ2n) is 3.53. The molecule has 17 heavy (non-hydrogen) atoms. The number of hydrogen-bond acceptors (Lipinski definition) is 4. The molecule has 0 bridgehead atoms. The molecular formula is C13H13NO2S. The third-order valence-electron chi connectivity index (χ3n) is 2.22. The fourth-order valence-corrected chi connectivity index (χ4v) is 2.21. The van der Waals surface area contributed by atoms with Gasteiger partial charge in [0.25, 0.3) is 0 Å². The summed E-state index contributed by atoms with van der Waals surface area (Å²) >= 11 is 1.37. The maximum absolute atomic E-state index is 10.6. The molecule has 0 unspecified atom stereocenters. The molecule has 1 aromatic heterocycles. The van der Waals surface area contributed by atoms with Crippen LogP contribution in [0.5, 0.6) is 5.75 Å². The van der Waals surface area contributed by atoms with E-state index in [2.05, 4.69) is 11.9 Å². The van der Waals surface area contributed by atoms with E-state index in [0.717, 1.165) is 29.0 Å². The first-order valence-corrected chi connectivity index (χ1v) is 6.30. The average Bonchev–Trinajstić information content (AvgIpc) is 2.85. The van der Waals surface area contributed by atoms with Gasteiger partial charge in [-0.1, -0.05) is 19.1 Å². The van der Waals surface area contributed by atoms with Crippen molar-refractivity contribution in [3.8, 4) is 16.3 Å². The van der Waals surface area contributed by atoms with E-state index >= 15 is 0 Å². The summed E-state index contributed by atoms with van der Waals surface area (Å²) in [4.78, 5) is 15.5. The molecule has 0 spiro atoms. The van der Waals surface area contributed by atoms with Gasteiger partial charge < -0.3 is 4.74 Å². The third-order valence-corrected chi connectivity index (χ3v) is 3.17. The summed E-state index contributed by atoms with van der Waals surface area (Å²) in [5.41, 5.74) is 0.944. The summed E-state index contributed by atoms with van der Waals surface area (Å²) < 4.78 is 5.66. The first-order chi connectivity index (χ1) is 8.35. The highest BCUT2D eigenvalue weighted by Gasteiger charge is 2.09. The number of carbonyl (C=O) groups excluding carboxylic acids is 1. The molecule has 0 amide bonds. The van der Waals surface area contributed by atoms with Crippen LogP contribution in [0.15, 0.2) is 30.5 Å². The Kier molecular flexibility index (Phi) is 3.88. The zero-order valence-electron chi connectivity index (χ0n) is 9.55. The number of carbonyl (C=O) groups is 1. The van der Waals surface area contributed by atoms with E-state index in [-0.39, 0.29) is 0 Å². The third kappa shape index (κ3) is 2.71. The zero-order valence-corrected chi connectivity index (χ0v) is 10.4. The molecule has 0 fully saturated rings. The first kappa shape index (κ1) is 11.8. The lowest BCUT2D eigenvalue weighted by molar-refractivity contribution is 0.112. The molecule has 0 aliphatic rings. The highest BCUT2D eigenvalue weighted by Crippen LogP contribution is 2.32. The van der Waals surface area contributed by atoms with E-state index in [1.165, 1.54) is 11.3 Å². The van der Waals surface area contributed by atoms with Crippen molar-refractivity contribution >= 4 is 17.6 Å². The summed E-state index contributed by atoms with van der Waals surface area (Å²) in [6, 6.07) is 7.75. The number of aldehydes is 1. The van der Waals surface area contributed by atoms with Crippen molar-refractivity contribution < 1.29 is 9.53 Å². The van der Waals surface area contributed by atoms with Crippen molar-refractivity contribution in [1.29, 1.82) is 0 Å².